The number of anilines is 1. The topological polar surface area (TPSA) is 128 Å². The predicted octanol–water partition coefficient (Wildman–Crippen LogP) is 3.62. The molecule has 1 spiro atoms. The third kappa shape index (κ3) is 4.14. The van der Waals surface area contributed by atoms with Crippen LogP contribution < -0.4 is 4.90 Å². The van der Waals surface area contributed by atoms with Gasteiger partial charge in [0, 0.05) is 12.2 Å². The molecule has 1 fully saturated rings. The molecular weight excluding hydrogens is 566 g/mol. The van der Waals surface area contributed by atoms with Gasteiger partial charge in [0.05, 0.1) is 43.9 Å². The van der Waals surface area contributed by atoms with Crippen LogP contribution in [-0.2, 0) is 40.6 Å². The number of amidine groups is 1. The lowest BCUT2D eigenvalue weighted by Crippen LogP contribution is -2.55. The van der Waals surface area contributed by atoms with Crippen molar-refractivity contribution in [1.29, 1.82) is 0 Å². The van der Waals surface area contributed by atoms with Crippen LogP contribution >= 0.6 is 0 Å². The van der Waals surface area contributed by atoms with Gasteiger partial charge in [0.1, 0.15) is 23.4 Å². The number of hydrogen-bond donors (Lipinski definition) is 0. The number of nitrogens with zero attached hydrogens (tertiary/aromatic N) is 3. The lowest BCUT2D eigenvalue weighted by molar-refractivity contribution is -0.144. The number of hydrogen-bond acceptors (Lipinski definition) is 10. The largest absolute Gasteiger partial charge is 0.467 e. The van der Waals surface area contributed by atoms with Crippen LogP contribution in [0.5, 0.6) is 0 Å². The van der Waals surface area contributed by atoms with Gasteiger partial charge in [-0.1, -0.05) is 48.5 Å². The molecule has 2 aromatic carbocycles. The summed E-state index contributed by atoms with van der Waals surface area (Å²) in [7, 11) is 3.66. The lowest BCUT2D eigenvalue weighted by Gasteiger charge is -2.40. The number of aryl methyl sites for hydroxylation is 2. The summed E-state index contributed by atoms with van der Waals surface area (Å²) in [4.78, 5) is 62.9. The number of benzene rings is 2. The van der Waals surface area contributed by atoms with Crippen LogP contribution in [0.2, 0.25) is 0 Å². The summed E-state index contributed by atoms with van der Waals surface area (Å²) in [6.45, 7) is 3.71. The van der Waals surface area contributed by atoms with E-state index in [9.17, 15) is 19.2 Å². The third-order valence-corrected chi connectivity index (χ3v) is 8.62. The number of fused-ring (bicyclic) bond motifs is 1. The number of rotatable bonds is 6. The van der Waals surface area contributed by atoms with Gasteiger partial charge in [-0.2, -0.15) is 0 Å². The van der Waals surface area contributed by atoms with E-state index in [-0.39, 0.29) is 29.1 Å². The summed E-state index contributed by atoms with van der Waals surface area (Å²) in [6, 6.07) is 16.8. The quantitative estimate of drug-likeness (QED) is 0.309. The van der Waals surface area contributed by atoms with Crippen molar-refractivity contribution in [2.75, 3.05) is 26.2 Å². The Bertz CT molecular complexity index is 1760. The van der Waals surface area contributed by atoms with E-state index in [1.165, 1.54) is 26.2 Å². The normalized spacial score (nSPS) is 21.7. The fraction of sp³-hybridized carbons (Fsp3) is 0.303. The molecule has 0 saturated carbocycles. The molecule has 0 bridgehead atoms. The minimum absolute atomic E-state index is 0.0246. The molecule has 3 atom stereocenters. The number of aliphatic imine (C=N–C) groups is 1. The molecule has 226 valence electrons. The summed E-state index contributed by atoms with van der Waals surface area (Å²) >= 11 is 0. The number of methoxy groups -OCH3 is 3. The van der Waals surface area contributed by atoms with E-state index in [1.54, 1.807) is 19.9 Å². The molecule has 0 radical (unpaired) electrons. The van der Waals surface area contributed by atoms with Crippen molar-refractivity contribution >= 4 is 35.3 Å². The maximum absolute atomic E-state index is 14.4. The monoisotopic (exact) mass is 597 g/mol. The number of furan rings is 1. The van der Waals surface area contributed by atoms with Gasteiger partial charge in [-0.3, -0.25) is 9.69 Å². The first kappa shape index (κ1) is 28.9. The molecule has 0 N–H and O–H groups in total. The molecule has 1 aromatic heterocycles. The maximum atomic E-state index is 14.4. The molecule has 3 aliphatic rings. The van der Waals surface area contributed by atoms with Crippen molar-refractivity contribution in [3.05, 3.63) is 100 Å². The number of ether oxygens (including phenoxy) is 3. The van der Waals surface area contributed by atoms with Gasteiger partial charge >= 0.3 is 17.9 Å². The van der Waals surface area contributed by atoms with Crippen molar-refractivity contribution in [1.82, 2.24) is 4.90 Å². The Labute approximate surface area is 253 Å². The number of esters is 3. The van der Waals surface area contributed by atoms with Crippen molar-refractivity contribution in [2.24, 2.45) is 4.99 Å². The number of likely N-dealkylation sites (tertiary alicyclic amines) is 1. The Morgan fingerprint density at radius 3 is 2.25 bits per heavy atom. The van der Waals surface area contributed by atoms with Crippen molar-refractivity contribution in [2.45, 2.75) is 44.3 Å². The fourth-order valence-corrected chi connectivity index (χ4v) is 6.88. The van der Waals surface area contributed by atoms with Crippen molar-refractivity contribution in [3.8, 4) is 0 Å². The van der Waals surface area contributed by atoms with Gasteiger partial charge in [-0.05, 0) is 43.5 Å². The van der Waals surface area contributed by atoms with Crippen LogP contribution in [-0.4, -0.2) is 68.0 Å². The minimum Gasteiger partial charge on any atom is -0.467 e. The second-order valence-electron chi connectivity index (χ2n) is 10.9. The van der Waals surface area contributed by atoms with Crippen LogP contribution in [0.4, 0.5) is 5.69 Å². The fourth-order valence-electron chi connectivity index (χ4n) is 6.88. The zero-order valence-corrected chi connectivity index (χ0v) is 25.0. The zero-order valence-electron chi connectivity index (χ0n) is 25.0. The number of para-hydroxylation sites is 1. The third-order valence-electron chi connectivity index (χ3n) is 8.62. The first-order valence-corrected chi connectivity index (χ1v) is 14.1. The van der Waals surface area contributed by atoms with Crippen LogP contribution in [0.3, 0.4) is 0 Å². The van der Waals surface area contributed by atoms with Gasteiger partial charge in [0.2, 0.25) is 0 Å². The Morgan fingerprint density at radius 2 is 1.61 bits per heavy atom. The molecule has 0 aliphatic carbocycles. The minimum atomic E-state index is -1.23. The van der Waals surface area contributed by atoms with E-state index in [4.69, 9.17) is 23.6 Å². The Hall–Kier alpha value is -5.19. The summed E-state index contributed by atoms with van der Waals surface area (Å²) in [5.41, 5.74) is 1.12. The van der Waals surface area contributed by atoms with Crippen LogP contribution in [0.1, 0.15) is 39.4 Å². The first-order valence-electron chi connectivity index (χ1n) is 14.1. The highest BCUT2D eigenvalue weighted by atomic mass is 16.5. The molecule has 44 heavy (non-hydrogen) atoms. The van der Waals surface area contributed by atoms with Gasteiger partial charge in [0.15, 0.2) is 5.70 Å². The highest BCUT2D eigenvalue weighted by Crippen LogP contribution is 2.58. The Morgan fingerprint density at radius 1 is 0.932 bits per heavy atom. The summed E-state index contributed by atoms with van der Waals surface area (Å²) in [5, 5.41) is 0. The van der Waals surface area contributed by atoms with Gasteiger partial charge < -0.3 is 23.5 Å². The number of carbonyl (C=O) groups excluding carboxylic acids is 4. The van der Waals surface area contributed by atoms with Crippen molar-refractivity contribution in [3.63, 3.8) is 0 Å². The first-order chi connectivity index (χ1) is 21.2. The molecule has 6 rings (SSSR count). The zero-order chi connectivity index (χ0) is 31.3. The van der Waals surface area contributed by atoms with E-state index in [0.717, 1.165) is 16.8 Å². The van der Waals surface area contributed by atoms with Gasteiger partial charge in [-0.15, -0.1) is 0 Å². The van der Waals surface area contributed by atoms with Crippen molar-refractivity contribution < 1.29 is 37.8 Å². The molecule has 11 heteroatoms. The summed E-state index contributed by atoms with van der Waals surface area (Å²) in [6.07, 6.45) is 0.0298. The van der Waals surface area contributed by atoms with Gasteiger partial charge in [0.25, 0.3) is 5.91 Å². The van der Waals surface area contributed by atoms with Gasteiger partial charge in [-0.25, -0.2) is 19.4 Å². The second kappa shape index (κ2) is 10.8. The van der Waals surface area contributed by atoms with E-state index in [2.05, 4.69) is 0 Å². The number of carbonyl (C=O) groups is 4. The molecule has 1 saturated heterocycles. The lowest BCUT2D eigenvalue weighted by atomic mass is 9.69. The highest BCUT2D eigenvalue weighted by molar-refractivity contribution is 6.20. The molecular formula is C33H31N3O8. The average molecular weight is 598 g/mol. The van der Waals surface area contributed by atoms with E-state index in [1.807, 2.05) is 59.5 Å². The Kier molecular flexibility index (Phi) is 7.11. The second-order valence-corrected chi connectivity index (χ2v) is 10.9. The molecule has 1 amide bonds. The SMILES string of the molecule is COC(=O)C1=C(C(=O)OC)C2N(Cc3ccccc3)c3ccccc3[C@@]23CC(C(=O)OC)N(C(=O)c2cc(C)oc2C)C3=N1. The van der Waals surface area contributed by atoms with Crippen LogP contribution in [0.25, 0.3) is 0 Å². The number of amides is 1. The molecule has 11 nitrogen and oxygen atoms in total. The summed E-state index contributed by atoms with van der Waals surface area (Å²) in [5.74, 6) is -1.86. The average Bonchev–Trinajstić information content (AvgIpc) is 3.67. The molecule has 2 unspecified atom stereocenters. The highest BCUT2D eigenvalue weighted by Gasteiger charge is 2.68. The van der Waals surface area contributed by atoms with E-state index in [0.29, 0.717) is 18.1 Å². The smallest absolute Gasteiger partial charge is 0.357 e. The molecule has 4 heterocycles. The Balaban J connectivity index is 1.68. The molecule has 3 aromatic rings. The standard InChI is InChI=1S/C33H31N3O8/c1-18-15-21(19(2)44-18)28(37)36-24(29(38)41-3)16-33-22-13-9-10-14-23(22)35(17-20-11-7-6-8-12-20)27(33)25(30(39)42-4)26(31(40)43-5)34-32(33)36/h6-15,24,27H,16-17H2,1-5H3/t24?,27?,33-/m0/s1. The summed E-state index contributed by atoms with van der Waals surface area (Å²) < 4.78 is 21.2. The van der Waals surface area contributed by atoms with Crippen LogP contribution in [0, 0.1) is 13.8 Å². The predicted molar refractivity (Wildman–Crippen MR) is 158 cm³/mol. The molecule has 3 aliphatic heterocycles. The van der Waals surface area contributed by atoms with Crippen LogP contribution in [0.15, 0.2) is 81.3 Å². The van der Waals surface area contributed by atoms with E-state index >= 15 is 0 Å². The maximum Gasteiger partial charge on any atom is 0.357 e. The van der Waals surface area contributed by atoms with E-state index < -0.39 is 41.3 Å².